The number of rotatable bonds is 2. The molecular formula is C12H8BrClF2N2. The second-order valence-electron chi connectivity index (χ2n) is 3.60. The largest absolute Gasteiger partial charge is 0.397 e. The van der Waals surface area contributed by atoms with E-state index in [4.69, 9.17) is 17.3 Å². The van der Waals surface area contributed by atoms with Crippen LogP contribution in [0, 0.1) is 11.6 Å². The minimum Gasteiger partial charge on any atom is -0.397 e. The summed E-state index contributed by atoms with van der Waals surface area (Å²) < 4.78 is 26.8. The van der Waals surface area contributed by atoms with Gasteiger partial charge >= 0.3 is 0 Å². The van der Waals surface area contributed by atoms with Crippen LogP contribution in [0.1, 0.15) is 0 Å². The summed E-state index contributed by atoms with van der Waals surface area (Å²) in [5.41, 5.74) is 6.61. The van der Waals surface area contributed by atoms with Gasteiger partial charge in [-0.3, -0.25) is 0 Å². The van der Waals surface area contributed by atoms with Crippen LogP contribution < -0.4 is 11.1 Å². The third-order valence-corrected chi connectivity index (χ3v) is 3.22. The fourth-order valence-corrected chi connectivity index (χ4v) is 1.93. The fraction of sp³-hybridized carbons (Fsp3) is 0. The van der Waals surface area contributed by atoms with Gasteiger partial charge in [-0.2, -0.15) is 0 Å². The smallest absolute Gasteiger partial charge is 0.161 e. The van der Waals surface area contributed by atoms with E-state index >= 15 is 0 Å². The van der Waals surface area contributed by atoms with E-state index in [0.717, 1.165) is 16.6 Å². The van der Waals surface area contributed by atoms with Gasteiger partial charge in [-0.15, -0.1) is 0 Å². The molecule has 0 saturated heterocycles. The highest BCUT2D eigenvalue weighted by Gasteiger charge is 2.09. The summed E-state index contributed by atoms with van der Waals surface area (Å²) in [7, 11) is 0. The lowest BCUT2D eigenvalue weighted by atomic mass is 10.2. The van der Waals surface area contributed by atoms with Gasteiger partial charge in [0.2, 0.25) is 0 Å². The molecule has 0 aliphatic carbocycles. The molecular weight excluding hydrogens is 325 g/mol. The normalized spacial score (nSPS) is 10.4. The molecule has 0 fully saturated rings. The molecule has 2 aromatic carbocycles. The lowest BCUT2D eigenvalue weighted by molar-refractivity contribution is 0.509. The van der Waals surface area contributed by atoms with Crippen molar-refractivity contribution in [2.45, 2.75) is 0 Å². The van der Waals surface area contributed by atoms with Gasteiger partial charge in [-0.05, 0) is 34.1 Å². The number of halogens is 4. The predicted octanol–water partition coefficient (Wildman–Crippen LogP) is 4.71. The van der Waals surface area contributed by atoms with Crippen molar-refractivity contribution in [3.63, 3.8) is 0 Å². The quantitative estimate of drug-likeness (QED) is 0.781. The Hall–Kier alpha value is -1.33. The van der Waals surface area contributed by atoms with Gasteiger partial charge in [0.15, 0.2) is 11.6 Å². The molecule has 2 nitrogen and oxygen atoms in total. The standard InChI is InChI=1S/C12H8BrClF2N2/c13-7-2-1-6(14)3-11(7)18-12-5-9(16)8(15)4-10(12)17/h1-5,18H,17H2. The van der Waals surface area contributed by atoms with E-state index in [-0.39, 0.29) is 11.4 Å². The summed E-state index contributed by atoms with van der Waals surface area (Å²) in [5.74, 6) is -1.95. The van der Waals surface area contributed by atoms with Crippen LogP contribution in [-0.2, 0) is 0 Å². The molecule has 6 heteroatoms. The van der Waals surface area contributed by atoms with Crippen LogP contribution in [0.25, 0.3) is 0 Å². The molecule has 94 valence electrons. The van der Waals surface area contributed by atoms with Crippen molar-refractivity contribution in [1.29, 1.82) is 0 Å². The summed E-state index contributed by atoms with van der Waals surface area (Å²) in [6.07, 6.45) is 0. The first kappa shape index (κ1) is 13.1. The molecule has 3 N–H and O–H groups in total. The number of benzene rings is 2. The molecule has 0 aliphatic rings. The number of nitrogen functional groups attached to an aromatic ring is 1. The Bertz CT molecular complexity index is 605. The Labute approximate surface area is 116 Å². The first-order valence-electron chi connectivity index (χ1n) is 4.94. The van der Waals surface area contributed by atoms with Crippen LogP contribution in [0.15, 0.2) is 34.8 Å². The SMILES string of the molecule is Nc1cc(F)c(F)cc1Nc1cc(Cl)ccc1Br. The Balaban J connectivity index is 2.40. The summed E-state index contributed by atoms with van der Waals surface area (Å²) >= 11 is 9.17. The molecule has 0 unspecified atom stereocenters. The Morgan fingerprint density at radius 3 is 2.44 bits per heavy atom. The summed E-state index contributed by atoms with van der Waals surface area (Å²) in [4.78, 5) is 0. The minimum absolute atomic E-state index is 0.112. The fourth-order valence-electron chi connectivity index (χ4n) is 1.41. The topological polar surface area (TPSA) is 38.0 Å². The van der Waals surface area contributed by atoms with Crippen molar-refractivity contribution in [2.24, 2.45) is 0 Å². The predicted molar refractivity (Wildman–Crippen MR) is 73.2 cm³/mol. The number of hydrogen-bond acceptors (Lipinski definition) is 2. The van der Waals surface area contributed by atoms with Gasteiger partial charge in [0.25, 0.3) is 0 Å². The highest BCUT2D eigenvalue weighted by Crippen LogP contribution is 2.31. The van der Waals surface area contributed by atoms with Crippen molar-refractivity contribution in [3.05, 3.63) is 51.5 Å². The van der Waals surface area contributed by atoms with Crippen LogP contribution in [0.3, 0.4) is 0 Å². The number of nitrogens with one attached hydrogen (secondary N) is 1. The number of nitrogens with two attached hydrogens (primary N) is 1. The average molecular weight is 334 g/mol. The van der Waals surface area contributed by atoms with Crippen molar-refractivity contribution < 1.29 is 8.78 Å². The van der Waals surface area contributed by atoms with Gasteiger partial charge in [0.1, 0.15) is 0 Å². The number of anilines is 3. The lowest BCUT2D eigenvalue weighted by Crippen LogP contribution is -1.99. The highest BCUT2D eigenvalue weighted by atomic mass is 79.9. The second kappa shape index (κ2) is 5.12. The lowest BCUT2D eigenvalue weighted by Gasteiger charge is -2.11. The molecule has 0 radical (unpaired) electrons. The maximum atomic E-state index is 13.1. The van der Waals surface area contributed by atoms with Crippen LogP contribution in [0.2, 0.25) is 5.02 Å². The van der Waals surface area contributed by atoms with Crippen LogP contribution in [-0.4, -0.2) is 0 Å². The van der Waals surface area contributed by atoms with Gasteiger partial charge in [0, 0.05) is 21.6 Å². The first-order valence-corrected chi connectivity index (χ1v) is 6.11. The molecule has 0 amide bonds. The van der Waals surface area contributed by atoms with E-state index in [1.54, 1.807) is 18.2 Å². The van der Waals surface area contributed by atoms with Gasteiger partial charge in [-0.25, -0.2) is 8.78 Å². The first-order chi connectivity index (χ1) is 8.47. The van der Waals surface area contributed by atoms with Crippen molar-refractivity contribution in [1.82, 2.24) is 0 Å². The van der Waals surface area contributed by atoms with Gasteiger partial charge in [0.05, 0.1) is 17.1 Å². The van der Waals surface area contributed by atoms with Crippen molar-refractivity contribution in [3.8, 4) is 0 Å². The third-order valence-electron chi connectivity index (χ3n) is 2.29. The number of hydrogen-bond donors (Lipinski definition) is 2. The van der Waals surface area contributed by atoms with Crippen LogP contribution >= 0.6 is 27.5 Å². The molecule has 18 heavy (non-hydrogen) atoms. The highest BCUT2D eigenvalue weighted by molar-refractivity contribution is 9.10. The van der Waals surface area contributed by atoms with E-state index in [1.807, 2.05) is 0 Å². The molecule has 0 atom stereocenters. The Morgan fingerprint density at radius 2 is 1.72 bits per heavy atom. The van der Waals surface area contributed by atoms with Crippen LogP contribution in [0.4, 0.5) is 25.8 Å². The van der Waals surface area contributed by atoms with E-state index in [0.29, 0.717) is 10.7 Å². The zero-order valence-corrected chi connectivity index (χ0v) is 11.3. The summed E-state index contributed by atoms with van der Waals surface area (Å²) in [6.45, 7) is 0. The minimum atomic E-state index is -0.983. The zero-order valence-electron chi connectivity index (χ0n) is 8.98. The zero-order chi connectivity index (χ0) is 13.3. The molecule has 0 saturated carbocycles. The Morgan fingerprint density at radius 1 is 1.06 bits per heavy atom. The second-order valence-corrected chi connectivity index (χ2v) is 4.89. The maximum Gasteiger partial charge on any atom is 0.161 e. The monoisotopic (exact) mass is 332 g/mol. The summed E-state index contributed by atoms with van der Waals surface area (Å²) in [6, 6.07) is 7.01. The molecule has 2 aromatic rings. The molecule has 0 bridgehead atoms. The van der Waals surface area contributed by atoms with E-state index < -0.39 is 11.6 Å². The van der Waals surface area contributed by atoms with Crippen LogP contribution in [0.5, 0.6) is 0 Å². The summed E-state index contributed by atoms with van der Waals surface area (Å²) in [5, 5.41) is 3.40. The van der Waals surface area contributed by atoms with E-state index in [2.05, 4.69) is 21.2 Å². The third kappa shape index (κ3) is 2.73. The molecule has 0 heterocycles. The van der Waals surface area contributed by atoms with Crippen molar-refractivity contribution >= 4 is 44.6 Å². The molecule has 0 aliphatic heterocycles. The maximum absolute atomic E-state index is 13.1. The van der Waals surface area contributed by atoms with E-state index in [9.17, 15) is 8.78 Å². The van der Waals surface area contributed by atoms with Crippen molar-refractivity contribution in [2.75, 3.05) is 11.1 Å². The molecule has 0 aromatic heterocycles. The average Bonchev–Trinajstić information content (AvgIpc) is 2.30. The van der Waals surface area contributed by atoms with Gasteiger partial charge < -0.3 is 11.1 Å². The Kier molecular flexibility index (Phi) is 3.73. The van der Waals surface area contributed by atoms with E-state index in [1.165, 1.54) is 0 Å². The van der Waals surface area contributed by atoms with Gasteiger partial charge in [-0.1, -0.05) is 11.6 Å². The molecule has 0 spiro atoms. The molecule has 2 rings (SSSR count).